The number of aromatic carboxylic acids is 1. The van der Waals surface area contributed by atoms with Gasteiger partial charge in [-0.1, -0.05) is 11.6 Å². The number of nitrogens with zero attached hydrogens (tertiary/aromatic N) is 7. The molecule has 1 aromatic carbocycles. The number of hydrogen-bond donors (Lipinski definition) is 2. The quantitative estimate of drug-likeness (QED) is 0.268. The summed E-state index contributed by atoms with van der Waals surface area (Å²) < 4.78 is 8.38. The number of benzene rings is 1. The second kappa shape index (κ2) is 11.8. The molecule has 1 atom stereocenters. The molecule has 14 heteroatoms. The van der Waals surface area contributed by atoms with Gasteiger partial charge in [0.1, 0.15) is 23.8 Å². The van der Waals surface area contributed by atoms with Gasteiger partial charge in [0, 0.05) is 41.0 Å². The molecule has 0 unspecified atom stereocenters. The van der Waals surface area contributed by atoms with Crippen molar-refractivity contribution in [1.29, 1.82) is 0 Å². The van der Waals surface area contributed by atoms with Crippen LogP contribution in [0.4, 0.5) is 5.69 Å². The molecule has 41 heavy (non-hydrogen) atoms. The van der Waals surface area contributed by atoms with Gasteiger partial charge >= 0.3 is 5.97 Å². The molecule has 0 aliphatic heterocycles. The molecule has 4 heterocycles. The van der Waals surface area contributed by atoms with Gasteiger partial charge < -0.3 is 15.2 Å². The van der Waals surface area contributed by atoms with E-state index in [0.29, 0.717) is 27.6 Å². The third kappa shape index (κ3) is 5.94. The van der Waals surface area contributed by atoms with Crippen molar-refractivity contribution in [2.24, 2.45) is 0 Å². The van der Waals surface area contributed by atoms with Gasteiger partial charge in [-0.2, -0.15) is 4.68 Å². The number of hydrogen-bond acceptors (Lipinski definition) is 9. The average molecular weight is 573 g/mol. The summed E-state index contributed by atoms with van der Waals surface area (Å²) in [4.78, 5) is 46.2. The Hall–Kier alpha value is -5.43. The lowest BCUT2D eigenvalue weighted by Gasteiger charge is -2.22. The Morgan fingerprint density at radius 3 is 2.56 bits per heavy atom. The van der Waals surface area contributed by atoms with Gasteiger partial charge in [-0.15, -0.1) is 5.10 Å². The van der Waals surface area contributed by atoms with Crippen LogP contribution >= 0.6 is 11.6 Å². The molecule has 0 spiro atoms. The number of carbonyl (C=O) groups is 2. The van der Waals surface area contributed by atoms with Crippen LogP contribution in [0.25, 0.3) is 16.8 Å². The summed E-state index contributed by atoms with van der Waals surface area (Å²) in [6, 6.07) is 11.5. The number of methoxy groups -OCH3 is 1. The molecule has 206 valence electrons. The first kappa shape index (κ1) is 27.1. The standard InChI is InChI=1S/C27H21ClN8O5/c1-41-24-14-35(25(37)12-20(24)19-11-17(28)2-5-22(19)36-15-31-33-34-36)23(10-16-6-8-29-9-7-16)26(38)32-18-3-4-21(27(39)40)30-13-18/h2-9,11-15,23H,10H2,1H3,(H,32,38)(H,39,40)/t23-/m0/s1. The summed E-state index contributed by atoms with van der Waals surface area (Å²) >= 11 is 6.30. The lowest BCUT2D eigenvalue weighted by molar-refractivity contribution is -0.119. The van der Waals surface area contributed by atoms with Gasteiger partial charge in [-0.25, -0.2) is 9.78 Å². The largest absolute Gasteiger partial charge is 0.495 e. The summed E-state index contributed by atoms with van der Waals surface area (Å²) in [7, 11) is 1.45. The van der Waals surface area contributed by atoms with Crippen molar-refractivity contribution >= 4 is 29.2 Å². The summed E-state index contributed by atoms with van der Waals surface area (Å²) in [6.45, 7) is 0. The molecule has 0 saturated heterocycles. The molecule has 0 bridgehead atoms. The van der Waals surface area contributed by atoms with Crippen molar-refractivity contribution in [3.05, 3.63) is 106 Å². The van der Waals surface area contributed by atoms with Crippen LogP contribution in [0.1, 0.15) is 22.1 Å². The van der Waals surface area contributed by atoms with Crippen LogP contribution in [-0.4, -0.2) is 58.8 Å². The van der Waals surface area contributed by atoms with Crippen molar-refractivity contribution in [2.75, 3.05) is 12.4 Å². The molecule has 13 nitrogen and oxygen atoms in total. The van der Waals surface area contributed by atoms with Crippen LogP contribution in [-0.2, 0) is 11.2 Å². The van der Waals surface area contributed by atoms with E-state index < -0.39 is 23.5 Å². The predicted molar refractivity (Wildman–Crippen MR) is 147 cm³/mol. The van der Waals surface area contributed by atoms with Gasteiger partial charge in [-0.3, -0.25) is 19.1 Å². The van der Waals surface area contributed by atoms with Crippen molar-refractivity contribution in [3.63, 3.8) is 0 Å². The SMILES string of the molecule is COc1cn([C@@H](Cc2ccncc2)C(=O)Nc2ccc(C(=O)O)nc2)c(=O)cc1-c1cc(Cl)ccc1-n1cnnn1. The molecule has 1 amide bonds. The highest BCUT2D eigenvalue weighted by Gasteiger charge is 2.25. The second-order valence-electron chi connectivity index (χ2n) is 8.72. The molecular formula is C27H21ClN8O5. The maximum atomic E-state index is 13.6. The minimum Gasteiger partial charge on any atom is -0.495 e. The summed E-state index contributed by atoms with van der Waals surface area (Å²) in [5, 5.41) is 23.5. The van der Waals surface area contributed by atoms with E-state index in [-0.39, 0.29) is 17.8 Å². The number of nitrogens with one attached hydrogen (secondary N) is 1. The van der Waals surface area contributed by atoms with Gasteiger partial charge in [0.2, 0.25) is 5.91 Å². The third-order valence-corrected chi connectivity index (χ3v) is 6.41. The van der Waals surface area contributed by atoms with E-state index in [4.69, 9.17) is 21.4 Å². The van der Waals surface area contributed by atoms with E-state index in [0.717, 1.165) is 5.56 Å². The Kier molecular flexibility index (Phi) is 7.78. The molecular weight excluding hydrogens is 552 g/mol. The van der Waals surface area contributed by atoms with Crippen molar-refractivity contribution in [3.8, 4) is 22.6 Å². The van der Waals surface area contributed by atoms with Gasteiger partial charge in [0.05, 0.1) is 30.9 Å². The molecule has 5 rings (SSSR count). The van der Waals surface area contributed by atoms with Crippen LogP contribution < -0.4 is 15.6 Å². The number of carboxylic acid groups (broad SMARTS) is 1. The predicted octanol–water partition coefficient (Wildman–Crippen LogP) is 3.06. The Morgan fingerprint density at radius 2 is 1.90 bits per heavy atom. The Morgan fingerprint density at radius 1 is 1.10 bits per heavy atom. The van der Waals surface area contributed by atoms with E-state index in [1.807, 2.05) is 0 Å². The number of anilines is 1. The van der Waals surface area contributed by atoms with Crippen molar-refractivity contribution in [1.82, 2.24) is 34.7 Å². The van der Waals surface area contributed by atoms with Gasteiger partial charge in [0.15, 0.2) is 0 Å². The molecule has 4 aromatic heterocycles. The Bertz CT molecular complexity index is 1760. The van der Waals surface area contributed by atoms with E-state index in [1.165, 1.54) is 53.3 Å². The van der Waals surface area contributed by atoms with Crippen molar-refractivity contribution in [2.45, 2.75) is 12.5 Å². The highest BCUT2D eigenvalue weighted by molar-refractivity contribution is 6.31. The molecule has 0 saturated carbocycles. The fourth-order valence-electron chi connectivity index (χ4n) is 4.22. The fraction of sp³-hybridized carbons (Fsp3) is 0.111. The second-order valence-corrected chi connectivity index (χ2v) is 9.16. The van der Waals surface area contributed by atoms with Crippen LogP contribution in [0.15, 0.2) is 84.4 Å². The van der Waals surface area contributed by atoms with E-state index in [1.54, 1.807) is 42.7 Å². The first-order valence-electron chi connectivity index (χ1n) is 12.1. The fourth-order valence-corrected chi connectivity index (χ4v) is 4.39. The zero-order chi connectivity index (χ0) is 28.9. The number of halogens is 1. The molecule has 5 aromatic rings. The number of tetrazole rings is 1. The smallest absolute Gasteiger partial charge is 0.354 e. The first-order valence-corrected chi connectivity index (χ1v) is 12.4. The lowest BCUT2D eigenvalue weighted by atomic mass is 10.0. The number of aromatic nitrogens is 7. The molecule has 0 radical (unpaired) electrons. The maximum absolute atomic E-state index is 13.6. The summed E-state index contributed by atoms with van der Waals surface area (Å²) in [5.74, 6) is -1.43. The van der Waals surface area contributed by atoms with Crippen LogP contribution in [0.5, 0.6) is 5.75 Å². The van der Waals surface area contributed by atoms with E-state index in [9.17, 15) is 14.4 Å². The third-order valence-electron chi connectivity index (χ3n) is 6.18. The normalized spacial score (nSPS) is 11.6. The van der Waals surface area contributed by atoms with Crippen LogP contribution in [0, 0.1) is 0 Å². The monoisotopic (exact) mass is 572 g/mol. The zero-order valence-corrected chi connectivity index (χ0v) is 22.1. The molecule has 2 N–H and O–H groups in total. The average Bonchev–Trinajstić information content (AvgIpc) is 3.51. The summed E-state index contributed by atoms with van der Waals surface area (Å²) in [5.41, 5.74) is 1.86. The minimum atomic E-state index is -1.19. The van der Waals surface area contributed by atoms with Gasteiger partial charge in [-0.05, 0) is 58.5 Å². The van der Waals surface area contributed by atoms with Crippen LogP contribution in [0.3, 0.4) is 0 Å². The molecule has 0 fully saturated rings. The first-order chi connectivity index (χ1) is 19.8. The number of amides is 1. The molecule has 0 aliphatic rings. The number of carbonyl (C=O) groups excluding carboxylic acids is 1. The van der Waals surface area contributed by atoms with Crippen LogP contribution in [0.2, 0.25) is 5.02 Å². The molecule has 0 aliphatic carbocycles. The highest BCUT2D eigenvalue weighted by Crippen LogP contribution is 2.35. The highest BCUT2D eigenvalue weighted by atomic mass is 35.5. The zero-order valence-electron chi connectivity index (χ0n) is 21.4. The van der Waals surface area contributed by atoms with Crippen molar-refractivity contribution < 1.29 is 19.4 Å². The van der Waals surface area contributed by atoms with E-state index in [2.05, 4.69) is 30.8 Å². The maximum Gasteiger partial charge on any atom is 0.354 e. The minimum absolute atomic E-state index is 0.143. The Labute approximate surface area is 237 Å². The number of pyridine rings is 3. The Balaban J connectivity index is 1.58. The summed E-state index contributed by atoms with van der Waals surface area (Å²) in [6.07, 6.45) is 7.42. The number of rotatable bonds is 9. The number of ether oxygens (including phenoxy) is 1. The van der Waals surface area contributed by atoms with E-state index >= 15 is 0 Å². The van der Waals surface area contributed by atoms with Gasteiger partial charge in [0.25, 0.3) is 5.56 Å². The number of carboxylic acids is 1. The topological polar surface area (TPSA) is 167 Å². The lowest BCUT2D eigenvalue weighted by Crippen LogP contribution is -2.34.